The first-order valence-electron chi connectivity index (χ1n) is 8.63. The molecule has 3 aromatic rings. The molecule has 0 fully saturated rings. The van der Waals surface area contributed by atoms with E-state index in [9.17, 15) is 14.0 Å². The maximum Gasteiger partial charge on any atom is 0.344 e. The summed E-state index contributed by atoms with van der Waals surface area (Å²) in [5, 5.41) is 4.70. The molecule has 1 N–H and O–H groups in total. The van der Waals surface area contributed by atoms with E-state index in [1.54, 1.807) is 30.3 Å². The zero-order chi connectivity index (χ0) is 20.6. The number of halogens is 2. The maximum atomic E-state index is 13.2. The fourth-order valence-corrected chi connectivity index (χ4v) is 3.70. The predicted molar refractivity (Wildman–Crippen MR) is 111 cm³/mol. The Balaban J connectivity index is 1.53. The van der Waals surface area contributed by atoms with E-state index in [4.69, 9.17) is 9.47 Å². The van der Waals surface area contributed by atoms with E-state index >= 15 is 0 Å². The monoisotopic (exact) mass is 477 g/mol. The van der Waals surface area contributed by atoms with Gasteiger partial charge in [-0.15, -0.1) is 11.3 Å². The molecular weight excluding hydrogens is 461 g/mol. The van der Waals surface area contributed by atoms with E-state index in [1.807, 2.05) is 23.6 Å². The van der Waals surface area contributed by atoms with E-state index in [0.717, 1.165) is 14.9 Å². The average molecular weight is 478 g/mol. The Hall–Kier alpha value is -2.71. The minimum Gasteiger partial charge on any atom is -0.482 e. The smallest absolute Gasteiger partial charge is 0.344 e. The van der Waals surface area contributed by atoms with Crippen molar-refractivity contribution in [2.75, 3.05) is 13.2 Å². The largest absolute Gasteiger partial charge is 0.482 e. The van der Waals surface area contributed by atoms with Crippen LogP contribution in [0.1, 0.15) is 16.5 Å². The number of esters is 1. The summed E-state index contributed by atoms with van der Waals surface area (Å²) in [5.74, 6) is -0.975. The van der Waals surface area contributed by atoms with Gasteiger partial charge in [-0.25, -0.2) is 9.18 Å². The van der Waals surface area contributed by atoms with Gasteiger partial charge in [0.2, 0.25) is 0 Å². The molecule has 0 aliphatic carbocycles. The molecule has 0 spiro atoms. The Morgan fingerprint density at radius 1 is 1.07 bits per heavy atom. The summed E-state index contributed by atoms with van der Waals surface area (Å²) in [6.07, 6.45) is 0. The summed E-state index contributed by atoms with van der Waals surface area (Å²) in [6.45, 7) is -0.750. The van der Waals surface area contributed by atoms with Gasteiger partial charge in [0, 0.05) is 9.35 Å². The lowest BCUT2D eigenvalue weighted by Crippen LogP contribution is -2.33. The van der Waals surface area contributed by atoms with E-state index in [1.165, 1.54) is 23.5 Å². The summed E-state index contributed by atoms with van der Waals surface area (Å²) in [6, 6.07) is 16.2. The Labute approximate surface area is 179 Å². The van der Waals surface area contributed by atoms with Crippen molar-refractivity contribution in [1.82, 2.24) is 5.32 Å². The van der Waals surface area contributed by atoms with Crippen LogP contribution in [0, 0.1) is 5.82 Å². The SMILES string of the molecule is O=C(COC(=O)COc1cccc(Br)c1)NC(c1ccc(F)cc1)c1cccs1. The molecule has 3 rings (SSSR count). The number of benzene rings is 2. The second-order valence-corrected chi connectivity index (χ2v) is 7.87. The minimum atomic E-state index is -0.658. The molecule has 1 aromatic heterocycles. The second kappa shape index (κ2) is 10.2. The third kappa shape index (κ3) is 6.40. The molecule has 0 saturated carbocycles. The molecule has 0 aliphatic heterocycles. The molecular formula is C21H17BrFNO4S. The van der Waals surface area contributed by atoms with Gasteiger partial charge < -0.3 is 14.8 Å². The molecule has 0 bridgehead atoms. The van der Waals surface area contributed by atoms with Crippen molar-refractivity contribution in [2.45, 2.75) is 6.04 Å². The van der Waals surface area contributed by atoms with E-state index in [2.05, 4.69) is 21.2 Å². The number of rotatable bonds is 8. The summed E-state index contributed by atoms with van der Waals surface area (Å²) >= 11 is 4.78. The molecule has 29 heavy (non-hydrogen) atoms. The van der Waals surface area contributed by atoms with Gasteiger partial charge in [-0.2, -0.15) is 0 Å². The van der Waals surface area contributed by atoms with Crippen LogP contribution in [0.3, 0.4) is 0 Å². The number of nitrogens with one attached hydrogen (secondary N) is 1. The Morgan fingerprint density at radius 2 is 1.86 bits per heavy atom. The summed E-state index contributed by atoms with van der Waals surface area (Å²) in [5.41, 5.74) is 0.728. The van der Waals surface area contributed by atoms with Crippen LogP contribution < -0.4 is 10.1 Å². The predicted octanol–water partition coefficient (Wildman–Crippen LogP) is 4.48. The third-order valence-corrected chi connectivity index (χ3v) is 5.28. The number of hydrogen-bond acceptors (Lipinski definition) is 5. The van der Waals surface area contributed by atoms with Crippen LogP contribution in [0.15, 0.2) is 70.5 Å². The Bertz CT molecular complexity index is 963. The van der Waals surface area contributed by atoms with Crippen molar-refractivity contribution in [2.24, 2.45) is 0 Å². The van der Waals surface area contributed by atoms with Crippen LogP contribution >= 0.6 is 27.3 Å². The highest BCUT2D eigenvalue weighted by Crippen LogP contribution is 2.26. The third-order valence-electron chi connectivity index (χ3n) is 3.85. The van der Waals surface area contributed by atoms with Crippen LogP contribution in [-0.4, -0.2) is 25.1 Å². The van der Waals surface area contributed by atoms with Gasteiger partial charge in [-0.1, -0.05) is 40.2 Å². The molecule has 8 heteroatoms. The number of thiophene rings is 1. The molecule has 0 aliphatic rings. The quantitative estimate of drug-likeness (QED) is 0.485. The molecule has 150 valence electrons. The average Bonchev–Trinajstić information content (AvgIpc) is 3.24. The topological polar surface area (TPSA) is 64.6 Å². The number of carbonyl (C=O) groups is 2. The van der Waals surface area contributed by atoms with Gasteiger partial charge in [-0.3, -0.25) is 4.79 Å². The lowest BCUT2D eigenvalue weighted by atomic mass is 10.1. The molecule has 0 radical (unpaired) electrons. The van der Waals surface area contributed by atoms with Crippen molar-refractivity contribution in [3.8, 4) is 5.75 Å². The van der Waals surface area contributed by atoms with Crippen LogP contribution in [0.4, 0.5) is 4.39 Å². The van der Waals surface area contributed by atoms with E-state index in [-0.39, 0.29) is 12.4 Å². The Morgan fingerprint density at radius 3 is 2.55 bits per heavy atom. The molecule has 0 saturated heterocycles. The van der Waals surface area contributed by atoms with Crippen LogP contribution in [0.5, 0.6) is 5.75 Å². The zero-order valence-electron chi connectivity index (χ0n) is 15.1. The summed E-state index contributed by atoms with van der Waals surface area (Å²) in [7, 11) is 0. The van der Waals surface area contributed by atoms with Crippen molar-refractivity contribution in [3.05, 3.63) is 86.8 Å². The summed E-state index contributed by atoms with van der Waals surface area (Å²) < 4.78 is 24.4. The van der Waals surface area contributed by atoms with Gasteiger partial charge in [0.1, 0.15) is 11.6 Å². The molecule has 1 heterocycles. The van der Waals surface area contributed by atoms with Crippen molar-refractivity contribution in [3.63, 3.8) is 0 Å². The first-order chi connectivity index (χ1) is 14.0. The van der Waals surface area contributed by atoms with Gasteiger partial charge in [0.05, 0.1) is 6.04 Å². The molecule has 1 unspecified atom stereocenters. The lowest BCUT2D eigenvalue weighted by Gasteiger charge is -2.18. The summed E-state index contributed by atoms with van der Waals surface area (Å²) in [4.78, 5) is 25.0. The van der Waals surface area contributed by atoms with Crippen LogP contribution in [0.25, 0.3) is 0 Å². The van der Waals surface area contributed by atoms with Crippen LogP contribution in [-0.2, 0) is 14.3 Å². The number of ether oxygens (including phenoxy) is 2. The number of carbonyl (C=O) groups excluding carboxylic acids is 2. The van der Waals surface area contributed by atoms with E-state index in [0.29, 0.717) is 5.75 Å². The lowest BCUT2D eigenvalue weighted by molar-refractivity contribution is -0.150. The van der Waals surface area contributed by atoms with Crippen LogP contribution in [0.2, 0.25) is 0 Å². The van der Waals surface area contributed by atoms with Gasteiger partial charge >= 0.3 is 5.97 Å². The molecule has 5 nitrogen and oxygen atoms in total. The minimum absolute atomic E-state index is 0.309. The van der Waals surface area contributed by atoms with Gasteiger partial charge in [0.25, 0.3) is 5.91 Å². The molecule has 2 aromatic carbocycles. The highest BCUT2D eigenvalue weighted by Gasteiger charge is 2.19. The number of amides is 1. The van der Waals surface area contributed by atoms with Crippen molar-refractivity contribution in [1.29, 1.82) is 0 Å². The fraction of sp³-hybridized carbons (Fsp3) is 0.143. The number of hydrogen-bond donors (Lipinski definition) is 1. The molecule has 1 atom stereocenters. The van der Waals surface area contributed by atoms with Crippen molar-refractivity contribution >= 4 is 39.1 Å². The van der Waals surface area contributed by atoms with Gasteiger partial charge in [0.15, 0.2) is 13.2 Å². The first kappa shape index (κ1) is 21.0. The fourth-order valence-electron chi connectivity index (χ4n) is 2.52. The highest BCUT2D eigenvalue weighted by molar-refractivity contribution is 9.10. The highest BCUT2D eigenvalue weighted by atomic mass is 79.9. The Kier molecular flexibility index (Phi) is 7.37. The van der Waals surface area contributed by atoms with E-state index < -0.39 is 24.5 Å². The van der Waals surface area contributed by atoms with Gasteiger partial charge in [-0.05, 0) is 47.3 Å². The second-order valence-electron chi connectivity index (χ2n) is 5.97. The first-order valence-corrected chi connectivity index (χ1v) is 10.3. The normalized spacial score (nSPS) is 11.5. The maximum absolute atomic E-state index is 13.2. The zero-order valence-corrected chi connectivity index (χ0v) is 17.5. The standard InChI is InChI=1S/C21H17BrFNO4S/c22-15-3-1-4-17(11-15)27-13-20(26)28-12-19(25)24-21(18-5-2-10-29-18)14-6-8-16(23)9-7-14/h1-11,21H,12-13H2,(H,24,25). The van der Waals surface area contributed by atoms with Crippen molar-refractivity contribution < 1.29 is 23.5 Å². The molecule has 1 amide bonds.